The van der Waals surface area contributed by atoms with E-state index in [0.29, 0.717) is 20.6 Å². The predicted molar refractivity (Wildman–Crippen MR) is 125 cm³/mol. The third kappa shape index (κ3) is 7.31. The zero-order valence-corrected chi connectivity index (χ0v) is 19.4. The monoisotopic (exact) mass is 493 g/mol. The summed E-state index contributed by atoms with van der Waals surface area (Å²) in [6, 6.07) is 13.7. The molecule has 1 amide bonds. The zero-order chi connectivity index (χ0) is 22.2. The number of hydrazone groups is 1. The minimum Gasteiger partial charge on any atom is -0.272 e. The van der Waals surface area contributed by atoms with Gasteiger partial charge in [-0.15, -0.1) is 10.2 Å². The number of amides is 1. The Morgan fingerprint density at radius 2 is 1.90 bits per heavy atom. The topological polar surface area (TPSA) is 110 Å². The lowest BCUT2D eigenvalue weighted by molar-refractivity contribution is -0.384. The van der Waals surface area contributed by atoms with Crippen LogP contribution in [0.15, 0.2) is 62.3 Å². The molecule has 0 aliphatic heterocycles. The van der Waals surface area contributed by atoms with Gasteiger partial charge in [-0.2, -0.15) is 5.10 Å². The fraction of sp³-hybridized carbons (Fsp3) is 0.158. The van der Waals surface area contributed by atoms with Crippen LogP contribution in [0.25, 0.3) is 0 Å². The fourth-order valence-corrected chi connectivity index (χ4v) is 5.15. The van der Waals surface area contributed by atoms with Gasteiger partial charge in [-0.3, -0.25) is 14.9 Å². The van der Waals surface area contributed by atoms with Crippen molar-refractivity contribution >= 4 is 63.8 Å². The lowest BCUT2D eigenvalue weighted by Gasteiger charge is -2.02. The molecular formula is C19H16ClN5O3S3. The van der Waals surface area contributed by atoms with Gasteiger partial charge in [0.15, 0.2) is 8.68 Å². The standard InChI is InChI=1S/C19H16ClN5O3S3/c1-12(14-3-2-4-16(9-14)25(27)28)21-22-17(26)11-30-19-24-23-18(31-19)29-10-13-5-7-15(20)8-6-13/h2-9H,10-11H2,1H3,(H,22,26). The molecule has 0 aliphatic rings. The average Bonchev–Trinajstić information content (AvgIpc) is 3.23. The van der Waals surface area contributed by atoms with E-state index in [0.717, 1.165) is 15.7 Å². The SMILES string of the molecule is CC(=NNC(=O)CSc1nnc(SCc2ccc(Cl)cc2)s1)c1cccc([N+](=O)[O-])c1. The lowest BCUT2D eigenvalue weighted by Crippen LogP contribution is -2.21. The number of carbonyl (C=O) groups is 1. The number of hydrogen-bond donors (Lipinski definition) is 1. The summed E-state index contributed by atoms with van der Waals surface area (Å²) in [5, 5.41) is 23.8. The van der Waals surface area contributed by atoms with Gasteiger partial charge in [0.05, 0.1) is 16.4 Å². The van der Waals surface area contributed by atoms with Gasteiger partial charge in [0.2, 0.25) is 0 Å². The molecule has 160 valence electrons. The van der Waals surface area contributed by atoms with Crippen molar-refractivity contribution in [3.63, 3.8) is 0 Å². The number of benzene rings is 2. The molecule has 8 nitrogen and oxygen atoms in total. The highest BCUT2D eigenvalue weighted by atomic mass is 35.5. The van der Waals surface area contributed by atoms with Crippen LogP contribution in [0.3, 0.4) is 0 Å². The normalized spacial score (nSPS) is 11.4. The van der Waals surface area contributed by atoms with E-state index >= 15 is 0 Å². The van der Waals surface area contributed by atoms with E-state index in [2.05, 4.69) is 20.7 Å². The van der Waals surface area contributed by atoms with Crippen molar-refractivity contribution in [2.24, 2.45) is 5.10 Å². The van der Waals surface area contributed by atoms with Crippen molar-refractivity contribution in [3.05, 3.63) is 74.8 Å². The molecule has 0 saturated carbocycles. The Morgan fingerprint density at radius 3 is 2.61 bits per heavy atom. The van der Waals surface area contributed by atoms with Gasteiger partial charge in [-0.1, -0.05) is 70.7 Å². The van der Waals surface area contributed by atoms with Crippen LogP contribution >= 0.6 is 46.5 Å². The van der Waals surface area contributed by atoms with E-state index in [1.54, 1.807) is 30.8 Å². The molecule has 1 heterocycles. The summed E-state index contributed by atoms with van der Waals surface area (Å²) >= 11 is 10.1. The second-order valence-corrected chi connectivity index (χ2v) is 9.94. The number of halogens is 1. The van der Waals surface area contributed by atoms with Crippen LogP contribution in [0, 0.1) is 10.1 Å². The summed E-state index contributed by atoms with van der Waals surface area (Å²) in [7, 11) is 0. The van der Waals surface area contributed by atoms with Gasteiger partial charge in [0.25, 0.3) is 11.6 Å². The first-order valence-corrected chi connectivity index (χ1v) is 12.0. The fourth-order valence-electron chi connectivity index (χ4n) is 2.25. The number of nitrogens with one attached hydrogen (secondary N) is 1. The van der Waals surface area contributed by atoms with Crippen LogP contribution in [0.5, 0.6) is 0 Å². The Bertz CT molecular complexity index is 1110. The lowest BCUT2D eigenvalue weighted by atomic mass is 10.1. The Balaban J connectivity index is 1.46. The molecule has 31 heavy (non-hydrogen) atoms. The van der Waals surface area contributed by atoms with Gasteiger partial charge in [0.1, 0.15) is 0 Å². The van der Waals surface area contributed by atoms with Gasteiger partial charge >= 0.3 is 0 Å². The van der Waals surface area contributed by atoms with Crippen molar-refractivity contribution < 1.29 is 9.72 Å². The number of non-ortho nitro benzene ring substituents is 1. The average molecular weight is 494 g/mol. The van der Waals surface area contributed by atoms with E-state index in [4.69, 9.17) is 11.6 Å². The third-order valence-electron chi connectivity index (χ3n) is 3.81. The number of nitro benzene ring substituents is 1. The Kier molecular flexibility index (Phi) is 8.41. The molecule has 2 aromatic carbocycles. The first-order valence-electron chi connectivity index (χ1n) is 8.82. The molecular weight excluding hydrogens is 478 g/mol. The van der Waals surface area contributed by atoms with Crippen molar-refractivity contribution in [1.29, 1.82) is 0 Å². The van der Waals surface area contributed by atoms with E-state index < -0.39 is 4.92 Å². The van der Waals surface area contributed by atoms with Gasteiger partial charge in [-0.25, -0.2) is 5.43 Å². The summed E-state index contributed by atoms with van der Waals surface area (Å²) in [6.45, 7) is 1.67. The van der Waals surface area contributed by atoms with Crippen molar-refractivity contribution in [2.75, 3.05) is 5.75 Å². The van der Waals surface area contributed by atoms with E-state index in [1.165, 1.54) is 35.2 Å². The number of aromatic nitrogens is 2. The van der Waals surface area contributed by atoms with Crippen LogP contribution in [0.2, 0.25) is 5.02 Å². The van der Waals surface area contributed by atoms with Gasteiger partial charge in [-0.05, 0) is 24.6 Å². The number of rotatable bonds is 9. The highest BCUT2D eigenvalue weighted by Crippen LogP contribution is 2.30. The Labute approximate surface area is 195 Å². The summed E-state index contributed by atoms with van der Waals surface area (Å²) < 4.78 is 1.51. The third-order valence-corrected chi connectivity index (χ3v) is 7.33. The highest BCUT2D eigenvalue weighted by Gasteiger charge is 2.10. The molecule has 0 fully saturated rings. The second-order valence-electron chi connectivity index (χ2n) is 6.08. The highest BCUT2D eigenvalue weighted by molar-refractivity contribution is 8.03. The number of nitrogens with zero attached hydrogens (tertiary/aromatic N) is 4. The van der Waals surface area contributed by atoms with Crippen molar-refractivity contribution in [3.8, 4) is 0 Å². The number of carbonyl (C=O) groups excluding carboxylic acids is 1. The number of nitro groups is 1. The molecule has 0 bridgehead atoms. The quantitative estimate of drug-likeness (QED) is 0.193. The van der Waals surface area contributed by atoms with Crippen LogP contribution in [0.4, 0.5) is 5.69 Å². The first kappa shape index (κ1) is 23.2. The predicted octanol–water partition coefficient (Wildman–Crippen LogP) is 5.02. The van der Waals surface area contributed by atoms with E-state index in [-0.39, 0.29) is 17.3 Å². The molecule has 1 aromatic heterocycles. The minimum absolute atomic E-state index is 0.0325. The number of hydrogen-bond acceptors (Lipinski definition) is 9. The van der Waals surface area contributed by atoms with Crippen LogP contribution < -0.4 is 5.43 Å². The maximum Gasteiger partial charge on any atom is 0.270 e. The van der Waals surface area contributed by atoms with Gasteiger partial charge < -0.3 is 0 Å². The molecule has 0 spiro atoms. The van der Waals surface area contributed by atoms with Crippen LogP contribution in [-0.4, -0.2) is 32.5 Å². The van der Waals surface area contributed by atoms with Crippen LogP contribution in [-0.2, 0) is 10.5 Å². The molecule has 0 atom stereocenters. The summed E-state index contributed by atoms with van der Waals surface area (Å²) in [4.78, 5) is 22.5. The molecule has 0 saturated heterocycles. The van der Waals surface area contributed by atoms with E-state index in [1.807, 2.05) is 24.3 Å². The summed E-state index contributed by atoms with van der Waals surface area (Å²) in [6.07, 6.45) is 0. The Hall–Kier alpha value is -2.47. The minimum atomic E-state index is -0.476. The van der Waals surface area contributed by atoms with E-state index in [9.17, 15) is 14.9 Å². The second kappa shape index (κ2) is 11.2. The maximum absolute atomic E-state index is 12.1. The summed E-state index contributed by atoms with van der Waals surface area (Å²) in [5.74, 6) is 0.575. The molecule has 0 unspecified atom stereocenters. The largest absolute Gasteiger partial charge is 0.272 e. The molecule has 3 rings (SSSR count). The molecule has 0 radical (unpaired) electrons. The summed E-state index contributed by atoms with van der Waals surface area (Å²) in [5.41, 5.74) is 4.59. The molecule has 3 aromatic rings. The van der Waals surface area contributed by atoms with Gasteiger partial charge in [0, 0.05) is 28.5 Å². The van der Waals surface area contributed by atoms with Crippen LogP contribution in [0.1, 0.15) is 18.1 Å². The maximum atomic E-state index is 12.1. The Morgan fingerprint density at radius 1 is 1.19 bits per heavy atom. The smallest absolute Gasteiger partial charge is 0.270 e. The molecule has 12 heteroatoms. The van der Waals surface area contributed by atoms with Crippen molar-refractivity contribution in [1.82, 2.24) is 15.6 Å². The van der Waals surface area contributed by atoms with Crippen molar-refractivity contribution in [2.45, 2.75) is 21.4 Å². The molecule has 1 N–H and O–H groups in total. The first-order chi connectivity index (χ1) is 14.9. The molecule has 0 aliphatic carbocycles. The number of thioether (sulfide) groups is 2. The zero-order valence-electron chi connectivity index (χ0n) is 16.1.